The highest BCUT2D eigenvalue weighted by molar-refractivity contribution is 4.91. The minimum Gasteiger partial charge on any atom is -0.396 e. The van der Waals surface area contributed by atoms with E-state index in [4.69, 9.17) is 10.2 Å². The van der Waals surface area contributed by atoms with Gasteiger partial charge in [0, 0.05) is 19.1 Å². The minimum absolute atomic E-state index is 0.202. The Morgan fingerprint density at radius 1 is 0.923 bits per heavy atom. The van der Waals surface area contributed by atoms with E-state index in [1.54, 1.807) is 0 Å². The molecule has 0 spiro atoms. The Bertz CT molecular complexity index is 161. The van der Waals surface area contributed by atoms with Gasteiger partial charge in [-0.05, 0) is 12.3 Å². The van der Waals surface area contributed by atoms with E-state index >= 15 is 0 Å². The zero-order valence-corrected chi connectivity index (χ0v) is 7.24. The van der Waals surface area contributed by atoms with Gasteiger partial charge in [0.05, 0.1) is 12.2 Å². The van der Waals surface area contributed by atoms with Crippen LogP contribution in [0.1, 0.15) is 6.42 Å². The second kappa shape index (κ2) is 4.34. The lowest BCUT2D eigenvalue weighted by Crippen LogP contribution is -2.52. The molecule has 0 amide bonds. The monoisotopic (exact) mass is 192 g/mol. The van der Waals surface area contributed by atoms with Crippen molar-refractivity contribution in [1.29, 1.82) is 0 Å². The first-order chi connectivity index (χ1) is 6.11. The number of hydrogen-bond acceptors (Lipinski definition) is 5. The molecule has 5 N–H and O–H groups in total. The molecular weight excluding hydrogens is 176 g/mol. The van der Waals surface area contributed by atoms with E-state index in [9.17, 15) is 15.3 Å². The minimum atomic E-state index is -1.22. The molecule has 5 heteroatoms. The SMILES string of the molecule is OC[C@@H]1C[C@@H](O)[C@@H](O)[C@H](O)[C@H]1CO. The van der Waals surface area contributed by atoms with Crippen molar-refractivity contribution in [3.05, 3.63) is 0 Å². The second-order valence-electron chi connectivity index (χ2n) is 3.57. The summed E-state index contributed by atoms with van der Waals surface area (Å²) in [6.07, 6.45) is -3.19. The normalized spacial score (nSPS) is 46.4. The predicted molar refractivity (Wildman–Crippen MR) is 43.8 cm³/mol. The first-order valence-corrected chi connectivity index (χ1v) is 4.37. The summed E-state index contributed by atoms with van der Waals surface area (Å²) in [7, 11) is 0. The summed E-state index contributed by atoms with van der Waals surface area (Å²) in [6.45, 7) is -0.498. The van der Waals surface area contributed by atoms with Crippen molar-refractivity contribution in [3.63, 3.8) is 0 Å². The van der Waals surface area contributed by atoms with Crippen molar-refractivity contribution in [2.24, 2.45) is 11.8 Å². The molecule has 1 fully saturated rings. The predicted octanol–water partition coefficient (Wildman–Crippen LogP) is -2.31. The molecule has 5 nitrogen and oxygen atoms in total. The van der Waals surface area contributed by atoms with Crippen LogP contribution >= 0.6 is 0 Å². The van der Waals surface area contributed by atoms with Crippen molar-refractivity contribution < 1.29 is 25.5 Å². The van der Waals surface area contributed by atoms with Crippen LogP contribution in [0.15, 0.2) is 0 Å². The van der Waals surface area contributed by atoms with Crippen molar-refractivity contribution in [2.75, 3.05) is 13.2 Å². The van der Waals surface area contributed by atoms with E-state index in [1.165, 1.54) is 0 Å². The van der Waals surface area contributed by atoms with Gasteiger partial charge >= 0.3 is 0 Å². The maximum Gasteiger partial charge on any atom is 0.106 e. The van der Waals surface area contributed by atoms with Gasteiger partial charge in [-0.1, -0.05) is 0 Å². The van der Waals surface area contributed by atoms with E-state index in [0.717, 1.165) is 0 Å². The summed E-state index contributed by atoms with van der Waals surface area (Å²) >= 11 is 0. The van der Waals surface area contributed by atoms with E-state index in [1.807, 2.05) is 0 Å². The Balaban J connectivity index is 2.69. The summed E-state index contributed by atoms with van der Waals surface area (Å²) in [6, 6.07) is 0. The molecule has 0 aromatic carbocycles. The van der Waals surface area contributed by atoms with E-state index < -0.39 is 24.2 Å². The van der Waals surface area contributed by atoms with Gasteiger partial charge in [0.2, 0.25) is 0 Å². The second-order valence-corrected chi connectivity index (χ2v) is 3.57. The Morgan fingerprint density at radius 3 is 2.00 bits per heavy atom. The molecule has 1 rings (SSSR count). The summed E-state index contributed by atoms with van der Waals surface area (Å²) in [5, 5.41) is 45.8. The van der Waals surface area contributed by atoms with Crippen LogP contribution in [-0.2, 0) is 0 Å². The Labute approximate surface area is 76.3 Å². The molecule has 0 aliphatic heterocycles. The van der Waals surface area contributed by atoms with Crippen molar-refractivity contribution in [3.8, 4) is 0 Å². The standard InChI is InChI=1S/C8H16O5/c9-2-4-1-6(11)8(13)7(12)5(4)3-10/h4-13H,1-3H2/t4-,5-,6+,7+,8+/m0/s1. The molecule has 0 aromatic rings. The fourth-order valence-corrected chi connectivity index (χ4v) is 1.85. The molecule has 13 heavy (non-hydrogen) atoms. The third-order valence-corrected chi connectivity index (χ3v) is 2.78. The molecule has 5 atom stereocenters. The molecule has 0 bridgehead atoms. The van der Waals surface area contributed by atoms with Crippen LogP contribution in [0.4, 0.5) is 0 Å². The molecule has 0 heterocycles. The third kappa shape index (κ3) is 2.00. The quantitative estimate of drug-likeness (QED) is 0.338. The average Bonchev–Trinajstić information content (AvgIpc) is 2.13. The van der Waals surface area contributed by atoms with Crippen LogP contribution in [0, 0.1) is 11.8 Å². The average molecular weight is 192 g/mol. The van der Waals surface area contributed by atoms with Gasteiger partial charge in [0.1, 0.15) is 6.10 Å². The van der Waals surface area contributed by atoms with Crippen molar-refractivity contribution in [1.82, 2.24) is 0 Å². The number of aliphatic hydroxyl groups is 5. The maximum atomic E-state index is 9.43. The highest BCUT2D eigenvalue weighted by Crippen LogP contribution is 2.30. The van der Waals surface area contributed by atoms with Crippen molar-refractivity contribution >= 4 is 0 Å². The van der Waals surface area contributed by atoms with E-state index in [0.29, 0.717) is 0 Å². The maximum absolute atomic E-state index is 9.43. The van der Waals surface area contributed by atoms with E-state index in [2.05, 4.69) is 0 Å². The van der Waals surface area contributed by atoms with Gasteiger partial charge in [0.15, 0.2) is 0 Å². The fourth-order valence-electron chi connectivity index (χ4n) is 1.85. The molecular formula is C8H16O5. The fraction of sp³-hybridized carbons (Fsp3) is 1.00. The number of hydrogen-bond donors (Lipinski definition) is 5. The molecule has 0 unspecified atom stereocenters. The van der Waals surface area contributed by atoms with Crippen LogP contribution < -0.4 is 0 Å². The Hall–Kier alpha value is -0.200. The largest absolute Gasteiger partial charge is 0.396 e. The summed E-state index contributed by atoms with van der Waals surface area (Å²) in [5.74, 6) is -0.901. The third-order valence-electron chi connectivity index (χ3n) is 2.78. The Morgan fingerprint density at radius 2 is 1.54 bits per heavy atom. The number of aliphatic hydroxyl groups excluding tert-OH is 5. The smallest absolute Gasteiger partial charge is 0.106 e. The molecule has 0 saturated heterocycles. The van der Waals surface area contributed by atoms with Gasteiger partial charge in [0.25, 0.3) is 0 Å². The van der Waals surface area contributed by atoms with Crippen LogP contribution in [0.2, 0.25) is 0 Å². The highest BCUT2D eigenvalue weighted by Gasteiger charge is 2.41. The zero-order valence-electron chi connectivity index (χ0n) is 7.24. The summed E-state index contributed by atoms with van der Waals surface area (Å²) < 4.78 is 0. The topological polar surface area (TPSA) is 101 Å². The number of rotatable bonds is 2. The molecule has 1 aliphatic carbocycles. The molecule has 0 aromatic heterocycles. The van der Waals surface area contributed by atoms with Gasteiger partial charge in [-0.15, -0.1) is 0 Å². The molecule has 78 valence electrons. The van der Waals surface area contributed by atoms with Gasteiger partial charge in [-0.3, -0.25) is 0 Å². The van der Waals surface area contributed by atoms with Crippen LogP contribution in [0.3, 0.4) is 0 Å². The lowest BCUT2D eigenvalue weighted by atomic mass is 9.75. The van der Waals surface area contributed by atoms with Gasteiger partial charge < -0.3 is 25.5 Å². The molecule has 0 radical (unpaired) electrons. The Kier molecular flexibility index (Phi) is 3.63. The first kappa shape index (κ1) is 10.9. The molecule has 1 aliphatic rings. The molecule has 1 saturated carbocycles. The van der Waals surface area contributed by atoms with Crippen LogP contribution in [0.5, 0.6) is 0 Å². The summed E-state index contributed by atoms with van der Waals surface area (Å²) in [5.41, 5.74) is 0. The first-order valence-electron chi connectivity index (χ1n) is 4.37. The van der Waals surface area contributed by atoms with Gasteiger partial charge in [-0.25, -0.2) is 0 Å². The van der Waals surface area contributed by atoms with Crippen LogP contribution in [-0.4, -0.2) is 57.1 Å². The van der Waals surface area contributed by atoms with Gasteiger partial charge in [-0.2, -0.15) is 0 Å². The van der Waals surface area contributed by atoms with Crippen LogP contribution in [0.25, 0.3) is 0 Å². The lowest BCUT2D eigenvalue weighted by molar-refractivity contribution is -0.144. The van der Waals surface area contributed by atoms with E-state index in [-0.39, 0.29) is 25.6 Å². The van der Waals surface area contributed by atoms with Crippen molar-refractivity contribution in [2.45, 2.75) is 24.7 Å². The lowest BCUT2D eigenvalue weighted by Gasteiger charge is -2.39. The highest BCUT2D eigenvalue weighted by atomic mass is 16.4. The zero-order chi connectivity index (χ0) is 10.0. The summed E-state index contributed by atoms with van der Waals surface area (Å²) in [4.78, 5) is 0.